The van der Waals surface area contributed by atoms with E-state index in [1.54, 1.807) is 0 Å². The smallest absolute Gasteiger partial charge is 0.416 e. The van der Waals surface area contributed by atoms with Crippen molar-refractivity contribution in [2.24, 2.45) is 0 Å². The quantitative estimate of drug-likeness (QED) is 0.389. The second-order valence-electron chi connectivity index (χ2n) is 6.19. The molecule has 0 radical (unpaired) electrons. The van der Waals surface area contributed by atoms with Gasteiger partial charge >= 0.3 is 6.18 Å². The minimum Gasteiger partial charge on any atom is -0.775 e. The molecule has 0 saturated heterocycles. The molecule has 1 atom stereocenters. The second kappa shape index (κ2) is 10.4. The number of hydrogen-bond acceptors (Lipinski definition) is 7. The third-order valence-corrected chi connectivity index (χ3v) is 5.18. The Morgan fingerprint density at radius 1 is 1.06 bits per heavy atom. The van der Waals surface area contributed by atoms with E-state index in [9.17, 15) is 42.9 Å². The fraction of sp³-hybridized carbons (Fsp3) is 0.294. The van der Waals surface area contributed by atoms with E-state index in [1.807, 2.05) is 12.1 Å². The molecule has 10 nitrogen and oxygen atoms in total. The molecule has 0 aromatic heterocycles. The van der Waals surface area contributed by atoms with Crippen LogP contribution in [0.4, 0.5) is 30.2 Å². The molecule has 0 spiro atoms. The van der Waals surface area contributed by atoms with Gasteiger partial charge in [-0.25, -0.2) is 0 Å². The van der Waals surface area contributed by atoms with Crippen molar-refractivity contribution in [3.63, 3.8) is 0 Å². The van der Waals surface area contributed by atoms with Crippen LogP contribution in [0.5, 0.6) is 0 Å². The average Bonchev–Trinajstić information content (AvgIpc) is 2.67. The van der Waals surface area contributed by atoms with E-state index in [2.05, 4.69) is 29.3 Å². The van der Waals surface area contributed by atoms with Crippen molar-refractivity contribution in [3.05, 3.63) is 67.8 Å². The van der Waals surface area contributed by atoms with Crippen molar-refractivity contribution < 1.29 is 42.7 Å². The Morgan fingerprint density at radius 3 is 1.84 bits per heavy atom. The molecule has 2 aromatic carbocycles. The SMILES string of the molecule is CCCOP(=O)([O-])c1c([N+](=O)[O-])cc(C(F)(F)F)cc1[N+](=O)[O-].Cc1ccc([NH3+])cc1. The molecule has 3 N–H and O–H groups in total. The van der Waals surface area contributed by atoms with Gasteiger partial charge in [0.25, 0.3) is 11.4 Å². The van der Waals surface area contributed by atoms with Crippen LogP contribution in [0.15, 0.2) is 36.4 Å². The molecule has 0 aliphatic heterocycles. The van der Waals surface area contributed by atoms with Gasteiger partial charge < -0.3 is 19.7 Å². The first kappa shape index (κ1) is 26.2. The third-order valence-electron chi connectivity index (χ3n) is 3.65. The molecule has 14 heteroatoms. The van der Waals surface area contributed by atoms with E-state index in [0.29, 0.717) is 0 Å². The van der Waals surface area contributed by atoms with Crippen molar-refractivity contribution in [2.45, 2.75) is 26.4 Å². The third kappa shape index (κ3) is 7.40. The lowest BCUT2D eigenvalue weighted by atomic mass is 10.1. The van der Waals surface area contributed by atoms with Gasteiger partial charge in [0.2, 0.25) is 0 Å². The summed E-state index contributed by atoms with van der Waals surface area (Å²) in [6, 6.07) is 7.97. The number of nitrogens with zero attached hydrogens (tertiary/aromatic N) is 2. The van der Waals surface area contributed by atoms with Gasteiger partial charge in [0.1, 0.15) is 5.69 Å². The lowest BCUT2D eigenvalue weighted by Gasteiger charge is -2.23. The van der Waals surface area contributed by atoms with Gasteiger partial charge in [0.05, 0.1) is 22.0 Å². The predicted octanol–water partition coefficient (Wildman–Crippen LogP) is 3.00. The Bertz CT molecular complexity index is 941. The molecule has 0 aliphatic rings. The molecule has 0 amide bonds. The lowest BCUT2D eigenvalue weighted by Crippen LogP contribution is -2.39. The zero-order chi connectivity index (χ0) is 24.0. The van der Waals surface area contributed by atoms with Gasteiger partial charge in [-0.05, 0) is 25.5 Å². The van der Waals surface area contributed by atoms with Crippen LogP contribution in [-0.2, 0) is 15.3 Å². The first-order valence-electron chi connectivity index (χ1n) is 8.59. The molecule has 0 bridgehead atoms. The van der Waals surface area contributed by atoms with Crippen molar-refractivity contribution in [2.75, 3.05) is 6.61 Å². The van der Waals surface area contributed by atoms with E-state index in [4.69, 9.17) is 0 Å². The van der Waals surface area contributed by atoms with Gasteiger partial charge in [-0.1, -0.05) is 24.6 Å². The van der Waals surface area contributed by atoms with Crippen molar-refractivity contribution in [3.8, 4) is 0 Å². The molecule has 0 saturated carbocycles. The van der Waals surface area contributed by atoms with Gasteiger partial charge in [-0.15, -0.1) is 0 Å². The van der Waals surface area contributed by atoms with Crippen LogP contribution in [0.3, 0.4) is 0 Å². The van der Waals surface area contributed by atoms with Crippen molar-refractivity contribution in [1.29, 1.82) is 0 Å². The van der Waals surface area contributed by atoms with E-state index in [1.165, 1.54) is 12.5 Å². The molecule has 170 valence electrons. The lowest BCUT2D eigenvalue weighted by molar-refractivity contribution is -0.392. The summed E-state index contributed by atoms with van der Waals surface area (Å²) in [5, 5.41) is 20.3. The minimum atomic E-state index is -5.32. The van der Waals surface area contributed by atoms with Gasteiger partial charge in [0, 0.05) is 12.1 Å². The fourth-order valence-corrected chi connectivity index (χ4v) is 3.60. The predicted molar refractivity (Wildman–Crippen MR) is 102 cm³/mol. The highest BCUT2D eigenvalue weighted by Crippen LogP contribution is 2.45. The normalized spacial score (nSPS) is 13.0. The van der Waals surface area contributed by atoms with Crippen LogP contribution >= 0.6 is 7.60 Å². The van der Waals surface area contributed by atoms with Gasteiger partial charge in [0.15, 0.2) is 12.9 Å². The van der Waals surface area contributed by atoms with E-state index in [0.717, 1.165) is 5.69 Å². The van der Waals surface area contributed by atoms with Crippen LogP contribution in [0.25, 0.3) is 0 Å². The zero-order valence-corrected chi connectivity index (χ0v) is 17.3. The molecule has 0 fully saturated rings. The maximum Gasteiger partial charge on any atom is 0.416 e. The van der Waals surface area contributed by atoms with Crippen LogP contribution in [0.2, 0.25) is 0 Å². The van der Waals surface area contributed by atoms with Crippen LogP contribution in [0, 0.1) is 27.2 Å². The average molecular weight is 465 g/mol. The second-order valence-corrected chi connectivity index (χ2v) is 7.89. The fourth-order valence-electron chi connectivity index (χ4n) is 2.19. The number of halogens is 3. The molecular weight excluding hydrogens is 446 g/mol. The Kier molecular flexibility index (Phi) is 8.82. The summed E-state index contributed by atoms with van der Waals surface area (Å²) < 4.78 is 54.3. The number of rotatable bonds is 6. The molecule has 0 aliphatic carbocycles. The summed E-state index contributed by atoms with van der Waals surface area (Å²) in [5.41, 5.74) is 1.28. The van der Waals surface area contributed by atoms with E-state index >= 15 is 0 Å². The van der Waals surface area contributed by atoms with E-state index < -0.39 is 52.5 Å². The highest BCUT2D eigenvalue weighted by Gasteiger charge is 2.40. The van der Waals surface area contributed by atoms with Crippen LogP contribution < -0.4 is 15.9 Å². The van der Waals surface area contributed by atoms with Crippen LogP contribution in [0.1, 0.15) is 24.5 Å². The highest BCUT2D eigenvalue weighted by atomic mass is 31.2. The monoisotopic (exact) mass is 465 g/mol. The summed E-state index contributed by atoms with van der Waals surface area (Å²) >= 11 is 0. The summed E-state index contributed by atoms with van der Waals surface area (Å²) in [5.74, 6) is 0. The number of aryl methyl sites for hydroxylation is 1. The molecule has 2 aromatic rings. The summed E-state index contributed by atoms with van der Waals surface area (Å²) in [7, 11) is -5.32. The number of benzene rings is 2. The Labute approximate surface area is 174 Å². The van der Waals surface area contributed by atoms with Gasteiger partial charge in [-0.3, -0.25) is 20.2 Å². The minimum absolute atomic E-state index is 0.0812. The van der Waals surface area contributed by atoms with Crippen molar-refractivity contribution in [1.82, 2.24) is 0 Å². The molecular formula is C17H19F3N3O7P. The molecule has 1 unspecified atom stereocenters. The number of nitro groups is 2. The largest absolute Gasteiger partial charge is 0.775 e. The topological polar surface area (TPSA) is 163 Å². The van der Waals surface area contributed by atoms with E-state index in [-0.39, 0.29) is 18.6 Å². The number of nitro benzene ring substituents is 2. The Hall–Kier alpha value is -2.86. The molecule has 2 rings (SSSR count). The number of alkyl halides is 3. The Balaban J connectivity index is 0.000000500. The Morgan fingerprint density at radius 2 is 1.52 bits per heavy atom. The summed E-state index contributed by atoms with van der Waals surface area (Å²) in [6.45, 7) is 3.13. The highest BCUT2D eigenvalue weighted by molar-refractivity contribution is 7.60. The molecule has 31 heavy (non-hydrogen) atoms. The summed E-state index contributed by atoms with van der Waals surface area (Å²) in [4.78, 5) is 30.8. The van der Waals surface area contributed by atoms with Crippen molar-refractivity contribution >= 4 is 30.0 Å². The first-order valence-corrected chi connectivity index (χ1v) is 10.1. The maximum absolute atomic E-state index is 12.7. The number of quaternary nitrogens is 1. The van der Waals surface area contributed by atoms with Gasteiger partial charge in [-0.2, -0.15) is 13.2 Å². The number of hydrogen-bond donors (Lipinski definition) is 1. The molecule has 0 heterocycles. The summed E-state index contributed by atoms with van der Waals surface area (Å²) in [6.07, 6.45) is -4.97. The standard InChI is InChI=1S/C10H10F3N2O7P.C7H9N/c1-2-3-22-23(20,21)9-7(14(16)17)4-6(10(11,12)13)5-8(9)15(18)19;1-6-2-4-7(8)5-3-6/h4-5H,2-3H2,1H3,(H,20,21);2-5H,8H2,1H3. The maximum atomic E-state index is 12.7. The first-order chi connectivity index (χ1) is 14.2. The zero-order valence-electron chi connectivity index (χ0n) is 16.4. The van der Waals surface area contributed by atoms with Crippen LogP contribution in [-0.4, -0.2) is 16.5 Å².